The fourth-order valence-corrected chi connectivity index (χ4v) is 1.77. The van der Waals surface area contributed by atoms with Crippen LogP contribution in [0.2, 0.25) is 0 Å². The third kappa shape index (κ3) is 3.41. The van der Waals surface area contributed by atoms with E-state index >= 15 is 0 Å². The maximum absolute atomic E-state index is 14.4. The monoisotopic (exact) mass is 286 g/mol. The topological polar surface area (TPSA) is 95.5 Å². The molecule has 3 atom stereocenters. The SMILES string of the molecule is C=C(C(=O)NC1CCC(=O)NC1=O)C(C)(F)C(C)CO. The summed E-state index contributed by atoms with van der Waals surface area (Å²) in [7, 11) is 0. The first kappa shape index (κ1) is 16.3. The Morgan fingerprint density at radius 3 is 2.75 bits per heavy atom. The Kier molecular flexibility index (Phi) is 4.99. The molecule has 112 valence electrons. The Labute approximate surface area is 116 Å². The molecule has 0 radical (unpaired) electrons. The molecular formula is C13H19FN2O4. The third-order valence-corrected chi connectivity index (χ3v) is 3.61. The molecule has 0 spiro atoms. The van der Waals surface area contributed by atoms with Crippen LogP contribution in [-0.4, -0.2) is 41.1 Å². The van der Waals surface area contributed by atoms with Gasteiger partial charge in [0.15, 0.2) is 0 Å². The summed E-state index contributed by atoms with van der Waals surface area (Å²) in [6.45, 7) is 5.57. The Morgan fingerprint density at radius 1 is 1.65 bits per heavy atom. The van der Waals surface area contributed by atoms with Gasteiger partial charge in [-0.15, -0.1) is 0 Å². The van der Waals surface area contributed by atoms with Crippen LogP contribution in [0.15, 0.2) is 12.2 Å². The Balaban J connectivity index is 2.69. The van der Waals surface area contributed by atoms with Crippen LogP contribution in [0.1, 0.15) is 26.7 Å². The average Bonchev–Trinajstić information content (AvgIpc) is 2.39. The quantitative estimate of drug-likeness (QED) is 0.482. The highest BCUT2D eigenvalue weighted by molar-refractivity contribution is 6.03. The molecule has 3 amide bonds. The second kappa shape index (κ2) is 6.13. The summed E-state index contributed by atoms with van der Waals surface area (Å²) in [6, 6.07) is -0.878. The van der Waals surface area contributed by atoms with Gasteiger partial charge in [-0.2, -0.15) is 0 Å². The number of nitrogens with one attached hydrogen (secondary N) is 2. The molecular weight excluding hydrogens is 267 g/mol. The molecule has 0 aromatic heterocycles. The number of aliphatic hydroxyl groups is 1. The number of carbonyl (C=O) groups excluding carboxylic acids is 3. The number of hydrogen-bond donors (Lipinski definition) is 3. The number of hydrogen-bond acceptors (Lipinski definition) is 4. The molecule has 0 aromatic rings. The third-order valence-electron chi connectivity index (χ3n) is 3.61. The van der Waals surface area contributed by atoms with E-state index < -0.39 is 42.0 Å². The number of imide groups is 1. The molecule has 1 rings (SSSR count). The molecule has 3 N–H and O–H groups in total. The molecule has 0 bridgehead atoms. The first-order valence-electron chi connectivity index (χ1n) is 6.33. The van der Waals surface area contributed by atoms with Crippen molar-refractivity contribution in [3.63, 3.8) is 0 Å². The van der Waals surface area contributed by atoms with E-state index in [-0.39, 0.29) is 18.4 Å². The van der Waals surface area contributed by atoms with Gasteiger partial charge in [-0.05, 0) is 13.3 Å². The molecule has 0 saturated carbocycles. The van der Waals surface area contributed by atoms with Gasteiger partial charge in [0.05, 0.1) is 0 Å². The van der Waals surface area contributed by atoms with Gasteiger partial charge >= 0.3 is 0 Å². The van der Waals surface area contributed by atoms with E-state index in [0.717, 1.165) is 6.92 Å². The minimum absolute atomic E-state index is 0.114. The van der Waals surface area contributed by atoms with Crippen LogP contribution in [0.4, 0.5) is 4.39 Å². The minimum atomic E-state index is -2.08. The van der Waals surface area contributed by atoms with Gasteiger partial charge in [-0.3, -0.25) is 19.7 Å². The van der Waals surface area contributed by atoms with Crippen molar-refractivity contribution >= 4 is 17.7 Å². The predicted octanol–water partition coefficient (Wildman–Crippen LogP) is -0.179. The summed E-state index contributed by atoms with van der Waals surface area (Å²) >= 11 is 0. The number of piperidine rings is 1. The minimum Gasteiger partial charge on any atom is -0.396 e. The van der Waals surface area contributed by atoms with Gasteiger partial charge in [-0.25, -0.2) is 4.39 Å². The number of carbonyl (C=O) groups is 3. The zero-order chi connectivity index (χ0) is 15.5. The van der Waals surface area contributed by atoms with Crippen molar-refractivity contribution in [3.05, 3.63) is 12.2 Å². The first-order chi connectivity index (χ1) is 9.20. The maximum atomic E-state index is 14.4. The van der Waals surface area contributed by atoms with Gasteiger partial charge in [-0.1, -0.05) is 13.5 Å². The highest BCUT2D eigenvalue weighted by Crippen LogP contribution is 2.29. The van der Waals surface area contributed by atoms with Crippen LogP contribution >= 0.6 is 0 Å². The number of aliphatic hydroxyl groups excluding tert-OH is 1. The van der Waals surface area contributed by atoms with Crippen LogP contribution in [0, 0.1) is 5.92 Å². The fourth-order valence-electron chi connectivity index (χ4n) is 1.77. The predicted molar refractivity (Wildman–Crippen MR) is 69.2 cm³/mol. The lowest BCUT2D eigenvalue weighted by atomic mass is 9.86. The molecule has 1 aliphatic rings. The van der Waals surface area contributed by atoms with E-state index in [1.54, 1.807) is 0 Å². The van der Waals surface area contributed by atoms with E-state index in [4.69, 9.17) is 5.11 Å². The molecule has 3 unspecified atom stereocenters. The van der Waals surface area contributed by atoms with Crippen LogP contribution in [0.5, 0.6) is 0 Å². The van der Waals surface area contributed by atoms with E-state index in [0.29, 0.717) is 0 Å². The molecule has 1 fully saturated rings. The first-order valence-corrected chi connectivity index (χ1v) is 6.33. The number of amides is 3. The summed E-state index contributed by atoms with van der Waals surface area (Å²) in [4.78, 5) is 34.4. The van der Waals surface area contributed by atoms with Gasteiger partial charge in [0.2, 0.25) is 17.7 Å². The summed E-state index contributed by atoms with van der Waals surface area (Å²) in [5.41, 5.74) is -2.44. The molecule has 6 nitrogen and oxygen atoms in total. The summed E-state index contributed by atoms with van der Waals surface area (Å²) < 4.78 is 14.4. The Hall–Kier alpha value is -1.76. The molecule has 20 heavy (non-hydrogen) atoms. The van der Waals surface area contributed by atoms with Crippen LogP contribution in [0.3, 0.4) is 0 Å². The number of alkyl halides is 1. The Morgan fingerprint density at radius 2 is 2.25 bits per heavy atom. The van der Waals surface area contributed by atoms with Crippen molar-refractivity contribution in [1.29, 1.82) is 0 Å². The van der Waals surface area contributed by atoms with Crippen molar-refractivity contribution in [2.45, 2.75) is 38.4 Å². The maximum Gasteiger partial charge on any atom is 0.250 e. The smallest absolute Gasteiger partial charge is 0.250 e. The highest BCUT2D eigenvalue weighted by atomic mass is 19.1. The fraction of sp³-hybridized carbons (Fsp3) is 0.615. The van der Waals surface area contributed by atoms with Crippen LogP contribution < -0.4 is 10.6 Å². The van der Waals surface area contributed by atoms with Crippen molar-refractivity contribution in [1.82, 2.24) is 10.6 Å². The van der Waals surface area contributed by atoms with E-state index in [9.17, 15) is 18.8 Å². The van der Waals surface area contributed by atoms with Crippen molar-refractivity contribution in [3.8, 4) is 0 Å². The normalized spacial score (nSPS) is 23.5. The van der Waals surface area contributed by atoms with Gasteiger partial charge in [0, 0.05) is 24.5 Å². The zero-order valence-electron chi connectivity index (χ0n) is 11.5. The largest absolute Gasteiger partial charge is 0.396 e. The van der Waals surface area contributed by atoms with Crippen molar-refractivity contribution in [2.75, 3.05) is 6.61 Å². The summed E-state index contributed by atoms with van der Waals surface area (Å²) in [5.74, 6) is -2.62. The average molecular weight is 286 g/mol. The summed E-state index contributed by atoms with van der Waals surface area (Å²) in [5, 5.41) is 13.4. The van der Waals surface area contributed by atoms with E-state index in [2.05, 4.69) is 17.2 Å². The molecule has 0 aromatic carbocycles. The second-order valence-electron chi connectivity index (χ2n) is 5.11. The second-order valence-corrected chi connectivity index (χ2v) is 5.11. The Bertz CT molecular complexity index is 448. The zero-order valence-corrected chi connectivity index (χ0v) is 11.5. The van der Waals surface area contributed by atoms with Crippen LogP contribution in [0.25, 0.3) is 0 Å². The summed E-state index contributed by atoms with van der Waals surface area (Å²) in [6.07, 6.45) is 0.283. The molecule has 1 saturated heterocycles. The van der Waals surface area contributed by atoms with E-state index in [1.807, 2.05) is 0 Å². The molecule has 1 aliphatic heterocycles. The van der Waals surface area contributed by atoms with Gasteiger partial charge < -0.3 is 10.4 Å². The molecule has 7 heteroatoms. The highest BCUT2D eigenvalue weighted by Gasteiger charge is 2.38. The lowest BCUT2D eigenvalue weighted by Crippen LogP contribution is -2.53. The van der Waals surface area contributed by atoms with Crippen molar-refractivity contribution in [2.24, 2.45) is 5.92 Å². The van der Waals surface area contributed by atoms with Gasteiger partial charge in [0.1, 0.15) is 11.7 Å². The number of halogens is 1. The molecule has 0 aliphatic carbocycles. The van der Waals surface area contributed by atoms with Crippen LogP contribution in [-0.2, 0) is 14.4 Å². The lowest BCUT2D eigenvalue weighted by molar-refractivity contribution is -0.137. The standard InChI is InChI=1S/C13H19FN2O4/c1-7(6-17)13(3,14)8(2)11(19)15-9-4-5-10(18)16-12(9)20/h7,9,17H,2,4-6H2,1,3H3,(H,15,19)(H,16,18,20). The number of rotatable bonds is 5. The lowest BCUT2D eigenvalue weighted by Gasteiger charge is -2.29. The van der Waals surface area contributed by atoms with Gasteiger partial charge in [0.25, 0.3) is 0 Å². The van der Waals surface area contributed by atoms with Crippen molar-refractivity contribution < 1.29 is 23.9 Å². The molecule has 1 heterocycles. The van der Waals surface area contributed by atoms with E-state index in [1.165, 1.54) is 6.92 Å².